The van der Waals surface area contributed by atoms with E-state index in [0.717, 1.165) is 0 Å². The van der Waals surface area contributed by atoms with Crippen molar-refractivity contribution in [3.8, 4) is 0 Å². The fourth-order valence-corrected chi connectivity index (χ4v) is 3.13. The maximum Gasteiger partial charge on any atom is 0.328 e. The predicted molar refractivity (Wildman–Crippen MR) is 128 cm³/mol. The molecule has 0 fully saturated rings. The smallest absolute Gasteiger partial charge is 0.328 e. The molecule has 0 bridgehead atoms. The molecule has 4 amide bonds. The van der Waals surface area contributed by atoms with Crippen molar-refractivity contribution in [3.63, 3.8) is 0 Å². The summed E-state index contributed by atoms with van der Waals surface area (Å²) in [6, 6.07) is -6.77. The number of carbonyl (C=O) groups excluding carboxylic acids is 4. The van der Waals surface area contributed by atoms with E-state index < -0.39 is 84.5 Å². The number of nitrogens with one attached hydrogen (secondary N) is 4. The first-order chi connectivity index (χ1) is 16.5. The van der Waals surface area contributed by atoms with Gasteiger partial charge in [-0.25, -0.2) is 4.79 Å². The lowest BCUT2D eigenvalue weighted by molar-refractivity contribution is -0.145. The highest BCUT2D eigenvalue weighted by Gasteiger charge is 2.35. The van der Waals surface area contributed by atoms with Gasteiger partial charge in [-0.05, 0) is 32.1 Å². The van der Waals surface area contributed by atoms with Gasteiger partial charge in [0, 0.05) is 0 Å². The van der Waals surface area contributed by atoms with Crippen molar-refractivity contribution in [2.75, 3.05) is 6.61 Å². The minimum absolute atomic E-state index is 0.0893. The van der Waals surface area contributed by atoms with Crippen LogP contribution in [0.25, 0.3) is 0 Å². The lowest BCUT2D eigenvalue weighted by atomic mass is 9.99. The lowest BCUT2D eigenvalue weighted by Crippen LogP contribution is -2.62. The second-order valence-corrected chi connectivity index (χ2v) is 9.50. The average Bonchev–Trinajstić information content (AvgIpc) is 2.76. The van der Waals surface area contributed by atoms with Gasteiger partial charge in [-0.15, -0.1) is 0 Å². The SMILES string of the molecule is CC(C)C[C@H](NC(=O)[C@@H](NC(=O)[C@@H](NC(=O)[C@@H](N)CO)[C@@H](C)O)C(C)C)C(=O)N[C@H](C(=O)O)[C@@H](C)O. The first-order valence-corrected chi connectivity index (χ1v) is 11.7. The van der Waals surface area contributed by atoms with Crippen molar-refractivity contribution in [2.45, 2.75) is 90.4 Å². The van der Waals surface area contributed by atoms with Gasteiger partial charge < -0.3 is 47.4 Å². The van der Waals surface area contributed by atoms with Gasteiger partial charge in [0.15, 0.2) is 6.04 Å². The van der Waals surface area contributed by atoms with Crippen LogP contribution in [0, 0.1) is 11.8 Å². The number of nitrogens with two attached hydrogens (primary N) is 1. The Bertz CT molecular complexity index is 773. The molecule has 14 heteroatoms. The van der Waals surface area contributed by atoms with Crippen LogP contribution >= 0.6 is 0 Å². The van der Waals surface area contributed by atoms with E-state index in [0.29, 0.717) is 0 Å². The molecule has 0 aliphatic rings. The van der Waals surface area contributed by atoms with Gasteiger partial charge in [-0.2, -0.15) is 0 Å². The highest BCUT2D eigenvalue weighted by atomic mass is 16.4. The van der Waals surface area contributed by atoms with Crippen LogP contribution in [0.2, 0.25) is 0 Å². The second-order valence-electron chi connectivity index (χ2n) is 9.50. The standard InChI is InChI=1S/C22H41N5O9/c1-9(2)7-14(19(32)27-17(12(6)30)22(35)36)24-20(33)15(10(3)4)25-21(34)16(11(5)29)26-18(31)13(23)8-28/h9-17,28-30H,7-8,23H2,1-6H3,(H,24,33)(H,25,34)(H,26,31)(H,27,32)(H,35,36)/t11-,12-,13+,14+,15+,16+,17+/m1/s1. The third-order valence-corrected chi connectivity index (χ3v) is 5.23. The molecule has 10 N–H and O–H groups in total. The Morgan fingerprint density at radius 3 is 1.53 bits per heavy atom. The zero-order chi connectivity index (χ0) is 28.3. The molecule has 208 valence electrons. The van der Waals surface area contributed by atoms with Crippen molar-refractivity contribution in [2.24, 2.45) is 17.6 Å². The lowest BCUT2D eigenvalue weighted by Gasteiger charge is -2.29. The van der Waals surface area contributed by atoms with Crippen LogP contribution < -0.4 is 27.0 Å². The predicted octanol–water partition coefficient (Wildman–Crippen LogP) is -3.21. The number of rotatable bonds is 15. The largest absolute Gasteiger partial charge is 0.480 e. The molecule has 0 heterocycles. The number of aliphatic carboxylic acids is 1. The van der Waals surface area contributed by atoms with Crippen LogP contribution in [0.4, 0.5) is 0 Å². The normalized spacial score (nSPS) is 17.2. The topological polar surface area (TPSA) is 240 Å². The van der Waals surface area contributed by atoms with Crippen LogP contribution in [0.1, 0.15) is 48.0 Å². The zero-order valence-electron chi connectivity index (χ0n) is 21.5. The molecule has 0 saturated carbocycles. The van der Waals surface area contributed by atoms with E-state index in [9.17, 15) is 39.3 Å². The van der Waals surface area contributed by atoms with Crippen LogP contribution in [0.15, 0.2) is 0 Å². The summed E-state index contributed by atoms with van der Waals surface area (Å²) in [4.78, 5) is 61.9. The molecular weight excluding hydrogens is 478 g/mol. The number of carbonyl (C=O) groups is 5. The molecule has 0 rings (SSSR count). The average molecular weight is 520 g/mol. The summed E-state index contributed by atoms with van der Waals surface area (Å²) in [7, 11) is 0. The summed E-state index contributed by atoms with van der Waals surface area (Å²) in [6.07, 6.45) is -2.63. The maximum absolute atomic E-state index is 13.1. The highest BCUT2D eigenvalue weighted by molar-refractivity contribution is 5.95. The zero-order valence-corrected chi connectivity index (χ0v) is 21.5. The number of carboxylic acids is 1. The molecule has 36 heavy (non-hydrogen) atoms. The van der Waals surface area contributed by atoms with Gasteiger partial charge in [0.05, 0.1) is 18.8 Å². The summed E-state index contributed by atoms with van der Waals surface area (Å²) in [5, 5.41) is 47.2. The van der Waals surface area contributed by atoms with E-state index in [1.165, 1.54) is 13.8 Å². The third kappa shape index (κ3) is 10.8. The van der Waals surface area contributed by atoms with Crippen molar-refractivity contribution in [1.82, 2.24) is 21.3 Å². The number of hydrogen-bond acceptors (Lipinski definition) is 9. The number of aliphatic hydroxyl groups is 3. The molecule has 7 atom stereocenters. The van der Waals surface area contributed by atoms with Crippen LogP contribution in [-0.2, 0) is 24.0 Å². The fourth-order valence-electron chi connectivity index (χ4n) is 3.13. The van der Waals surface area contributed by atoms with Gasteiger partial charge in [0.2, 0.25) is 23.6 Å². The monoisotopic (exact) mass is 519 g/mol. The Labute approximate surface area is 210 Å². The summed E-state index contributed by atoms with van der Waals surface area (Å²) < 4.78 is 0. The van der Waals surface area contributed by atoms with Gasteiger partial charge in [-0.3, -0.25) is 19.2 Å². The van der Waals surface area contributed by atoms with E-state index in [4.69, 9.17) is 10.8 Å². The number of carboxylic acid groups (broad SMARTS) is 1. The number of aliphatic hydroxyl groups excluding tert-OH is 3. The fraction of sp³-hybridized carbons (Fsp3) is 0.773. The van der Waals surface area contributed by atoms with Gasteiger partial charge in [0.25, 0.3) is 0 Å². The van der Waals surface area contributed by atoms with Crippen LogP contribution in [-0.4, -0.2) is 99.0 Å². The van der Waals surface area contributed by atoms with E-state index >= 15 is 0 Å². The molecule has 0 aromatic carbocycles. The first-order valence-electron chi connectivity index (χ1n) is 11.7. The van der Waals surface area contributed by atoms with E-state index in [-0.39, 0.29) is 12.3 Å². The van der Waals surface area contributed by atoms with Crippen molar-refractivity contribution >= 4 is 29.6 Å². The minimum Gasteiger partial charge on any atom is -0.480 e. The summed E-state index contributed by atoms with van der Waals surface area (Å²) >= 11 is 0. The van der Waals surface area contributed by atoms with E-state index in [1.807, 2.05) is 0 Å². The van der Waals surface area contributed by atoms with Gasteiger partial charge >= 0.3 is 5.97 Å². The van der Waals surface area contributed by atoms with Crippen molar-refractivity contribution in [3.05, 3.63) is 0 Å². The van der Waals surface area contributed by atoms with Crippen molar-refractivity contribution in [1.29, 1.82) is 0 Å². The minimum atomic E-state index is -1.59. The maximum atomic E-state index is 13.1. The first kappa shape index (κ1) is 33.2. The second kappa shape index (κ2) is 15.3. The molecule has 0 aliphatic carbocycles. The summed E-state index contributed by atoms with van der Waals surface area (Å²) in [5.74, 6) is -5.41. The quantitative estimate of drug-likeness (QED) is 0.105. The van der Waals surface area contributed by atoms with E-state index in [2.05, 4.69) is 21.3 Å². The Morgan fingerprint density at radius 1 is 0.694 bits per heavy atom. The molecule has 0 unspecified atom stereocenters. The third-order valence-electron chi connectivity index (χ3n) is 5.23. The molecule has 0 saturated heterocycles. The Morgan fingerprint density at radius 2 is 1.14 bits per heavy atom. The summed E-state index contributed by atoms with van der Waals surface area (Å²) in [5.41, 5.74) is 5.43. The van der Waals surface area contributed by atoms with Gasteiger partial charge in [-0.1, -0.05) is 27.7 Å². The van der Waals surface area contributed by atoms with Gasteiger partial charge in [0.1, 0.15) is 24.2 Å². The Kier molecular flexibility index (Phi) is 14.1. The molecule has 0 aromatic rings. The molecular formula is C22H41N5O9. The van der Waals surface area contributed by atoms with Crippen LogP contribution in [0.5, 0.6) is 0 Å². The van der Waals surface area contributed by atoms with E-state index in [1.54, 1.807) is 27.7 Å². The number of hydrogen-bond donors (Lipinski definition) is 9. The molecule has 0 aliphatic heterocycles. The molecule has 0 spiro atoms. The highest BCUT2D eigenvalue weighted by Crippen LogP contribution is 2.09. The summed E-state index contributed by atoms with van der Waals surface area (Å²) in [6.45, 7) is 8.55. The van der Waals surface area contributed by atoms with Crippen LogP contribution in [0.3, 0.4) is 0 Å². The molecule has 14 nitrogen and oxygen atoms in total. The number of amides is 4. The Hall–Kier alpha value is -2.81. The Balaban J connectivity index is 5.68. The van der Waals surface area contributed by atoms with Crippen molar-refractivity contribution < 1.29 is 44.4 Å². The molecule has 0 aromatic heterocycles. The molecule has 0 radical (unpaired) electrons.